The topological polar surface area (TPSA) is 85.3 Å². The minimum atomic E-state index is -1.08. The number of halogens is 1. The van der Waals surface area contributed by atoms with Gasteiger partial charge in [-0.05, 0) is 47.7 Å². The zero-order chi connectivity index (χ0) is 27.4. The molecule has 2 unspecified atom stereocenters. The highest BCUT2D eigenvalue weighted by Crippen LogP contribution is 2.40. The molecule has 0 aromatic heterocycles. The van der Waals surface area contributed by atoms with Crippen LogP contribution in [0.5, 0.6) is 11.5 Å². The van der Waals surface area contributed by atoms with E-state index in [4.69, 9.17) is 25.8 Å². The number of fused-ring (bicyclic) bond motifs is 1. The zero-order valence-electron chi connectivity index (χ0n) is 21.8. The number of carboxylic acid groups (broad SMARTS) is 1. The first-order valence-corrected chi connectivity index (χ1v) is 13.6. The molecule has 1 amide bonds. The van der Waals surface area contributed by atoms with Crippen LogP contribution >= 0.6 is 11.6 Å². The predicted octanol–water partition coefficient (Wildman–Crippen LogP) is 5.97. The van der Waals surface area contributed by atoms with Gasteiger partial charge in [0.15, 0.2) is 17.6 Å². The van der Waals surface area contributed by atoms with Crippen LogP contribution in [0.4, 0.5) is 0 Å². The monoisotopic (exact) mass is 549 g/mol. The molecule has 39 heavy (non-hydrogen) atoms. The van der Waals surface area contributed by atoms with E-state index in [0.717, 1.165) is 47.9 Å². The summed E-state index contributed by atoms with van der Waals surface area (Å²) in [6.45, 7) is 0.388. The highest BCUT2D eigenvalue weighted by molar-refractivity contribution is 6.30. The third-order valence-corrected chi connectivity index (χ3v) is 7.73. The summed E-state index contributed by atoms with van der Waals surface area (Å²) in [6.07, 6.45) is 3.14. The molecular formula is C31H32ClNO6. The molecule has 1 aliphatic carbocycles. The number of carboxylic acids is 1. The smallest absolute Gasteiger partial charge is 0.326 e. The van der Waals surface area contributed by atoms with Crippen LogP contribution in [0.25, 0.3) is 0 Å². The molecule has 2 aliphatic rings. The van der Waals surface area contributed by atoms with Crippen LogP contribution in [0.15, 0.2) is 66.7 Å². The Labute approximate surface area is 233 Å². The number of carbonyl (C=O) groups excluding carboxylic acids is 1. The number of benzene rings is 3. The fourth-order valence-corrected chi connectivity index (χ4v) is 5.52. The van der Waals surface area contributed by atoms with Crippen molar-refractivity contribution in [2.24, 2.45) is 0 Å². The van der Waals surface area contributed by atoms with E-state index >= 15 is 0 Å². The Morgan fingerprint density at radius 1 is 1.03 bits per heavy atom. The summed E-state index contributed by atoms with van der Waals surface area (Å²) < 4.78 is 18.1. The summed E-state index contributed by atoms with van der Waals surface area (Å²) in [4.78, 5) is 28.0. The van der Waals surface area contributed by atoms with Gasteiger partial charge in [-0.25, -0.2) is 4.79 Å². The third kappa shape index (κ3) is 6.05. The molecular weight excluding hydrogens is 518 g/mol. The lowest BCUT2D eigenvalue weighted by Crippen LogP contribution is -2.50. The van der Waals surface area contributed by atoms with E-state index in [9.17, 15) is 14.7 Å². The maximum Gasteiger partial charge on any atom is 0.326 e. The number of nitrogens with zero attached hydrogens (tertiary/aromatic N) is 1. The molecule has 7 nitrogen and oxygen atoms in total. The van der Waals surface area contributed by atoms with Crippen molar-refractivity contribution in [3.8, 4) is 11.5 Å². The lowest BCUT2D eigenvalue weighted by molar-refractivity contribution is -0.160. The average Bonchev–Trinajstić information content (AvgIpc) is 3.48. The fraction of sp³-hybridized carbons (Fsp3) is 0.355. The van der Waals surface area contributed by atoms with Gasteiger partial charge in [0.05, 0.1) is 13.2 Å². The second-order valence-electron chi connectivity index (χ2n) is 10.0. The quantitative estimate of drug-likeness (QED) is 0.354. The molecule has 5 rings (SSSR count). The summed E-state index contributed by atoms with van der Waals surface area (Å²) in [5.74, 6) is -0.415. The maximum absolute atomic E-state index is 14.0. The van der Waals surface area contributed by atoms with Gasteiger partial charge >= 0.3 is 5.97 Å². The Balaban J connectivity index is 1.45. The molecule has 0 spiro atoms. The summed E-state index contributed by atoms with van der Waals surface area (Å²) in [5, 5.41) is 10.9. The van der Waals surface area contributed by atoms with Gasteiger partial charge in [0.1, 0.15) is 12.6 Å². The second-order valence-corrected chi connectivity index (χ2v) is 10.4. The SMILES string of the molecule is COc1ccc2c(c1OCc1ccc(Cl)cc1)CC(C(=O)O)N(C(=O)C(OC1CCCC1)c1ccccc1)C2. The summed E-state index contributed by atoms with van der Waals surface area (Å²) in [6, 6.07) is 19.3. The fourth-order valence-electron chi connectivity index (χ4n) is 5.40. The van der Waals surface area contributed by atoms with E-state index in [-0.39, 0.29) is 31.6 Å². The van der Waals surface area contributed by atoms with E-state index in [2.05, 4.69) is 0 Å². The summed E-state index contributed by atoms with van der Waals surface area (Å²) in [5.41, 5.74) is 3.19. The molecule has 1 fully saturated rings. The number of hydrogen-bond donors (Lipinski definition) is 1. The molecule has 0 saturated heterocycles. The Kier molecular flexibility index (Phi) is 8.38. The van der Waals surface area contributed by atoms with E-state index < -0.39 is 18.1 Å². The molecule has 1 saturated carbocycles. The highest BCUT2D eigenvalue weighted by Gasteiger charge is 2.41. The van der Waals surface area contributed by atoms with Gasteiger partial charge in [-0.1, -0.05) is 73.0 Å². The summed E-state index contributed by atoms with van der Waals surface area (Å²) >= 11 is 6.01. The number of amides is 1. The lowest BCUT2D eigenvalue weighted by Gasteiger charge is -2.37. The maximum atomic E-state index is 14.0. The van der Waals surface area contributed by atoms with Crippen molar-refractivity contribution in [2.45, 2.75) is 63.5 Å². The van der Waals surface area contributed by atoms with Gasteiger partial charge in [-0.3, -0.25) is 4.79 Å². The minimum Gasteiger partial charge on any atom is -0.493 e. The summed E-state index contributed by atoms with van der Waals surface area (Å²) in [7, 11) is 1.55. The van der Waals surface area contributed by atoms with Gasteiger partial charge in [0, 0.05) is 23.6 Å². The Bertz CT molecular complexity index is 1310. The van der Waals surface area contributed by atoms with Gasteiger partial charge in [0.2, 0.25) is 0 Å². The van der Waals surface area contributed by atoms with Crippen molar-refractivity contribution >= 4 is 23.5 Å². The second kappa shape index (κ2) is 12.1. The molecule has 0 bridgehead atoms. The largest absolute Gasteiger partial charge is 0.493 e. The molecule has 0 radical (unpaired) electrons. The van der Waals surface area contributed by atoms with Crippen LogP contribution in [-0.2, 0) is 33.9 Å². The predicted molar refractivity (Wildman–Crippen MR) is 147 cm³/mol. The number of hydrogen-bond acceptors (Lipinski definition) is 5. The van der Waals surface area contributed by atoms with Crippen molar-refractivity contribution < 1.29 is 28.9 Å². The van der Waals surface area contributed by atoms with Crippen LogP contribution in [0.2, 0.25) is 5.02 Å². The number of aliphatic carboxylic acids is 1. The first-order chi connectivity index (χ1) is 18.9. The van der Waals surface area contributed by atoms with Crippen LogP contribution in [0, 0.1) is 0 Å². The standard InChI is InChI=1S/C31H32ClNO6/c1-37-27-16-13-22-18-33(30(34)28(21-7-3-2-4-8-21)39-24-9-5-6-10-24)26(31(35)36)17-25(22)29(27)38-19-20-11-14-23(32)15-12-20/h2-4,7-8,11-16,24,26,28H,5-6,9-10,17-19H2,1H3,(H,35,36). The van der Waals surface area contributed by atoms with Crippen LogP contribution in [-0.4, -0.2) is 41.1 Å². The van der Waals surface area contributed by atoms with Crippen molar-refractivity contribution in [3.63, 3.8) is 0 Å². The van der Waals surface area contributed by atoms with E-state index in [1.807, 2.05) is 48.5 Å². The van der Waals surface area contributed by atoms with Gasteiger partial charge < -0.3 is 24.2 Å². The number of ether oxygens (including phenoxy) is 3. The molecule has 204 valence electrons. The molecule has 8 heteroatoms. The first kappa shape index (κ1) is 27.0. The van der Waals surface area contributed by atoms with Gasteiger partial charge in [0.25, 0.3) is 5.91 Å². The Morgan fingerprint density at radius 3 is 2.41 bits per heavy atom. The van der Waals surface area contributed by atoms with E-state index in [1.54, 1.807) is 25.3 Å². The Morgan fingerprint density at radius 2 is 1.74 bits per heavy atom. The average molecular weight is 550 g/mol. The van der Waals surface area contributed by atoms with Crippen LogP contribution in [0.1, 0.15) is 54.0 Å². The van der Waals surface area contributed by atoms with Crippen molar-refractivity contribution in [1.29, 1.82) is 0 Å². The highest BCUT2D eigenvalue weighted by atomic mass is 35.5. The molecule has 1 aliphatic heterocycles. The Hall–Kier alpha value is -3.55. The molecule has 3 aromatic rings. The normalized spacial score (nSPS) is 17.9. The number of methoxy groups -OCH3 is 1. The zero-order valence-corrected chi connectivity index (χ0v) is 22.6. The third-order valence-electron chi connectivity index (χ3n) is 7.48. The van der Waals surface area contributed by atoms with Crippen molar-refractivity contribution in [1.82, 2.24) is 4.90 Å². The molecule has 1 heterocycles. The van der Waals surface area contributed by atoms with Crippen molar-refractivity contribution in [2.75, 3.05) is 7.11 Å². The first-order valence-electron chi connectivity index (χ1n) is 13.2. The van der Waals surface area contributed by atoms with Gasteiger partial charge in [-0.2, -0.15) is 0 Å². The van der Waals surface area contributed by atoms with E-state index in [1.165, 1.54) is 4.90 Å². The number of carbonyl (C=O) groups is 2. The van der Waals surface area contributed by atoms with Crippen LogP contribution in [0.3, 0.4) is 0 Å². The van der Waals surface area contributed by atoms with Crippen molar-refractivity contribution in [3.05, 3.63) is 94.0 Å². The minimum absolute atomic E-state index is 0.0170. The van der Waals surface area contributed by atoms with Crippen LogP contribution < -0.4 is 9.47 Å². The van der Waals surface area contributed by atoms with Gasteiger partial charge in [-0.15, -0.1) is 0 Å². The van der Waals surface area contributed by atoms with E-state index in [0.29, 0.717) is 16.5 Å². The lowest BCUT2D eigenvalue weighted by atomic mass is 9.91. The molecule has 2 atom stereocenters. The molecule has 3 aromatic carbocycles. The molecule has 1 N–H and O–H groups in total. The number of rotatable bonds is 9.